The molecule has 1 aliphatic heterocycles. The monoisotopic (exact) mass is 507 g/mol. The standard InChI is InChI=1S/C20H33N3O4.HI/c1-4-21-20(22-11-6-12-27-17-9-13-25-14-10-17)23-16-7-8-18(26-5-2)19(15-16)24-3;/h7-8,15,17H,4-6,9-14H2,1-3H3,(H2,21,22,23);1H. The van der Waals surface area contributed by atoms with Gasteiger partial charge < -0.3 is 29.6 Å². The summed E-state index contributed by atoms with van der Waals surface area (Å²) in [5.41, 5.74) is 0.897. The Morgan fingerprint density at radius 3 is 2.68 bits per heavy atom. The quantitative estimate of drug-likeness (QED) is 0.218. The summed E-state index contributed by atoms with van der Waals surface area (Å²) in [4.78, 5) is 4.62. The first-order chi connectivity index (χ1) is 13.3. The van der Waals surface area contributed by atoms with Gasteiger partial charge in [-0.1, -0.05) is 0 Å². The van der Waals surface area contributed by atoms with Gasteiger partial charge in [-0.3, -0.25) is 4.99 Å². The predicted octanol–water partition coefficient (Wildman–Crippen LogP) is 3.68. The molecule has 7 nitrogen and oxygen atoms in total. The lowest BCUT2D eigenvalue weighted by molar-refractivity contribution is -0.0318. The van der Waals surface area contributed by atoms with Gasteiger partial charge in [-0.05, 0) is 45.2 Å². The molecule has 1 heterocycles. The summed E-state index contributed by atoms with van der Waals surface area (Å²) in [7, 11) is 1.64. The fourth-order valence-electron chi connectivity index (χ4n) is 2.81. The number of nitrogens with one attached hydrogen (secondary N) is 2. The van der Waals surface area contributed by atoms with Crippen molar-refractivity contribution in [1.82, 2.24) is 5.32 Å². The highest BCUT2D eigenvalue weighted by molar-refractivity contribution is 14.0. The second-order valence-corrected chi connectivity index (χ2v) is 6.22. The Balaban J connectivity index is 0.00000392. The molecule has 0 atom stereocenters. The Hall–Kier alpha value is -1.26. The number of guanidine groups is 1. The molecule has 0 aromatic heterocycles. The van der Waals surface area contributed by atoms with Crippen molar-refractivity contribution in [3.8, 4) is 11.5 Å². The summed E-state index contributed by atoms with van der Waals surface area (Å²) in [6, 6.07) is 5.76. The van der Waals surface area contributed by atoms with Crippen LogP contribution >= 0.6 is 24.0 Å². The highest BCUT2D eigenvalue weighted by atomic mass is 127. The third kappa shape index (κ3) is 8.83. The van der Waals surface area contributed by atoms with Crippen molar-refractivity contribution in [2.45, 2.75) is 39.2 Å². The minimum Gasteiger partial charge on any atom is -0.493 e. The van der Waals surface area contributed by atoms with Crippen LogP contribution in [0, 0.1) is 0 Å². The first-order valence-corrected chi connectivity index (χ1v) is 9.82. The van der Waals surface area contributed by atoms with E-state index in [4.69, 9.17) is 18.9 Å². The molecular weight excluding hydrogens is 473 g/mol. The lowest BCUT2D eigenvalue weighted by Gasteiger charge is -2.22. The molecule has 1 fully saturated rings. The lowest BCUT2D eigenvalue weighted by atomic mass is 10.1. The van der Waals surface area contributed by atoms with Crippen LogP contribution in [0.3, 0.4) is 0 Å². The smallest absolute Gasteiger partial charge is 0.195 e. The third-order valence-corrected chi connectivity index (χ3v) is 4.16. The summed E-state index contributed by atoms with van der Waals surface area (Å²) in [6.45, 7) is 8.43. The van der Waals surface area contributed by atoms with Crippen LogP contribution in [0.1, 0.15) is 33.1 Å². The number of halogens is 1. The van der Waals surface area contributed by atoms with Gasteiger partial charge in [-0.15, -0.1) is 24.0 Å². The number of ether oxygens (including phenoxy) is 4. The van der Waals surface area contributed by atoms with Gasteiger partial charge in [0.1, 0.15) is 0 Å². The van der Waals surface area contributed by atoms with Gasteiger partial charge in [0.25, 0.3) is 0 Å². The molecule has 0 aliphatic carbocycles. The van der Waals surface area contributed by atoms with E-state index in [0.29, 0.717) is 25.0 Å². The molecule has 0 unspecified atom stereocenters. The predicted molar refractivity (Wildman–Crippen MR) is 124 cm³/mol. The maximum atomic E-state index is 5.89. The van der Waals surface area contributed by atoms with E-state index in [9.17, 15) is 0 Å². The molecule has 1 aliphatic rings. The van der Waals surface area contributed by atoms with Crippen LogP contribution in [0.15, 0.2) is 23.2 Å². The number of aliphatic imine (C=N–C) groups is 1. The molecule has 0 spiro atoms. The number of anilines is 1. The third-order valence-electron chi connectivity index (χ3n) is 4.16. The van der Waals surface area contributed by atoms with Gasteiger partial charge in [0, 0.05) is 44.7 Å². The Morgan fingerprint density at radius 2 is 2.00 bits per heavy atom. The maximum Gasteiger partial charge on any atom is 0.195 e. The average Bonchev–Trinajstić information content (AvgIpc) is 2.70. The molecule has 1 saturated heterocycles. The second kappa shape index (κ2) is 14.7. The number of methoxy groups -OCH3 is 1. The van der Waals surface area contributed by atoms with E-state index in [-0.39, 0.29) is 24.0 Å². The molecule has 2 N–H and O–H groups in total. The summed E-state index contributed by atoms with van der Waals surface area (Å²) >= 11 is 0. The van der Waals surface area contributed by atoms with Crippen LogP contribution in [-0.2, 0) is 9.47 Å². The highest BCUT2D eigenvalue weighted by Gasteiger charge is 2.13. The summed E-state index contributed by atoms with van der Waals surface area (Å²) in [5.74, 6) is 2.18. The largest absolute Gasteiger partial charge is 0.493 e. The van der Waals surface area contributed by atoms with Crippen molar-refractivity contribution in [2.24, 2.45) is 4.99 Å². The molecule has 0 bridgehead atoms. The zero-order chi connectivity index (χ0) is 19.3. The Bertz CT molecular complexity index is 581. The molecule has 0 saturated carbocycles. The van der Waals surface area contributed by atoms with Crippen molar-refractivity contribution in [3.05, 3.63) is 18.2 Å². The van der Waals surface area contributed by atoms with Crippen molar-refractivity contribution in [3.63, 3.8) is 0 Å². The zero-order valence-corrected chi connectivity index (χ0v) is 19.5. The van der Waals surface area contributed by atoms with Crippen LogP contribution in [0.4, 0.5) is 5.69 Å². The van der Waals surface area contributed by atoms with Gasteiger partial charge in [0.15, 0.2) is 17.5 Å². The Morgan fingerprint density at radius 1 is 1.21 bits per heavy atom. The van der Waals surface area contributed by atoms with E-state index in [1.165, 1.54) is 0 Å². The number of hydrogen-bond acceptors (Lipinski definition) is 5. The summed E-state index contributed by atoms with van der Waals surface area (Å²) < 4.78 is 22.2. The summed E-state index contributed by atoms with van der Waals surface area (Å²) in [5, 5.41) is 6.57. The Labute approximate surface area is 185 Å². The molecule has 1 aromatic rings. The molecule has 1 aromatic carbocycles. The van der Waals surface area contributed by atoms with Crippen LogP contribution in [0.2, 0.25) is 0 Å². The van der Waals surface area contributed by atoms with Crippen molar-refractivity contribution >= 4 is 35.6 Å². The minimum absolute atomic E-state index is 0. The number of benzene rings is 1. The number of rotatable bonds is 10. The normalized spacial score (nSPS) is 14.9. The van der Waals surface area contributed by atoms with Crippen LogP contribution in [0.25, 0.3) is 0 Å². The fourth-order valence-corrected chi connectivity index (χ4v) is 2.81. The van der Waals surface area contributed by atoms with Crippen LogP contribution in [0.5, 0.6) is 11.5 Å². The van der Waals surface area contributed by atoms with Gasteiger partial charge in [-0.25, -0.2) is 0 Å². The average molecular weight is 507 g/mol. The molecule has 0 radical (unpaired) electrons. The fraction of sp³-hybridized carbons (Fsp3) is 0.650. The SMILES string of the molecule is CCNC(=NCCCOC1CCOCC1)Nc1ccc(OCC)c(OC)c1.I. The first-order valence-electron chi connectivity index (χ1n) is 9.82. The van der Waals surface area contributed by atoms with Gasteiger partial charge in [0.05, 0.1) is 19.8 Å². The topological polar surface area (TPSA) is 73.3 Å². The van der Waals surface area contributed by atoms with Gasteiger partial charge in [-0.2, -0.15) is 0 Å². The van der Waals surface area contributed by atoms with E-state index in [1.54, 1.807) is 7.11 Å². The lowest BCUT2D eigenvalue weighted by Crippen LogP contribution is -2.31. The van der Waals surface area contributed by atoms with E-state index in [0.717, 1.165) is 63.0 Å². The molecular formula is C20H34IN3O4. The van der Waals surface area contributed by atoms with Crippen molar-refractivity contribution in [1.29, 1.82) is 0 Å². The van der Waals surface area contributed by atoms with Crippen molar-refractivity contribution < 1.29 is 18.9 Å². The first kappa shape index (κ1) is 24.8. The maximum absolute atomic E-state index is 5.89. The van der Waals surface area contributed by atoms with E-state index in [1.807, 2.05) is 32.0 Å². The summed E-state index contributed by atoms with van der Waals surface area (Å²) in [6.07, 6.45) is 3.21. The molecule has 0 amide bonds. The zero-order valence-electron chi connectivity index (χ0n) is 17.2. The van der Waals surface area contributed by atoms with Crippen LogP contribution < -0.4 is 20.1 Å². The minimum atomic E-state index is 0. The van der Waals surface area contributed by atoms with E-state index < -0.39 is 0 Å². The van der Waals surface area contributed by atoms with E-state index >= 15 is 0 Å². The van der Waals surface area contributed by atoms with Crippen LogP contribution in [-0.4, -0.2) is 58.7 Å². The van der Waals surface area contributed by atoms with Gasteiger partial charge >= 0.3 is 0 Å². The highest BCUT2D eigenvalue weighted by Crippen LogP contribution is 2.30. The molecule has 28 heavy (non-hydrogen) atoms. The molecule has 8 heteroatoms. The Kier molecular flexibility index (Phi) is 13.0. The van der Waals surface area contributed by atoms with Gasteiger partial charge in [0.2, 0.25) is 0 Å². The van der Waals surface area contributed by atoms with Crippen molar-refractivity contribution in [2.75, 3.05) is 51.9 Å². The number of hydrogen-bond donors (Lipinski definition) is 2. The molecule has 2 rings (SSSR count). The van der Waals surface area contributed by atoms with E-state index in [2.05, 4.69) is 15.6 Å². The molecule has 160 valence electrons. The second-order valence-electron chi connectivity index (χ2n) is 6.22. The number of nitrogens with zero attached hydrogens (tertiary/aromatic N) is 1.